The molecule has 6 heteroatoms. The third kappa shape index (κ3) is 4.37. The second-order valence-electron chi connectivity index (χ2n) is 6.84. The van der Waals surface area contributed by atoms with Crippen molar-refractivity contribution in [3.05, 3.63) is 72.1 Å². The van der Waals surface area contributed by atoms with Crippen LogP contribution in [-0.2, 0) is 43.9 Å². The van der Waals surface area contributed by atoms with E-state index in [9.17, 15) is 14.7 Å². The van der Waals surface area contributed by atoms with Crippen LogP contribution < -0.4 is 4.90 Å². The molecule has 1 fully saturated rings. The topological polar surface area (TPSA) is 60.9 Å². The number of aliphatic hydroxyl groups excluding tert-OH is 1. The second-order valence-corrected chi connectivity index (χ2v) is 6.84. The van der Waals surface area contributed by atoms with Crippen LogP contribution in [0.3, 0.4) is 0 Å². The molecule has 0 bridgehead atoms. The molecule has 1 radical (unpaired) electrons. The number of rotatable bonds is 6. The van der Waals surface area contributed by atoms with Crippen LogP contribution in [0.15, 0.2) is 48.5 Å². The van der Waals surface area contributed by atoms with Crippen LogP contribution in [0.5, 0.6) is 0 Å². The van der Waals surface area contributed by atoms with Gasteiger partial charge in [0, 0.05) is 45.4 Å². The molecule has 28 heavy (non-hydrogen) atoms. The molecule has 5 nitrogen and oxygen atoms in total. The largest absolute Gasteiger partial charge is 0.388 e. The van der Waals surface area contributed by atoms with Crippen molar-refractivity contribution in [2.75, 3.05) is 11.9 Å². The smallest absolute Gasteiger partial charge is 0.332 e. The molecule has 1 N–H and O–H groups in total. The van der Waals surface area contributed by atoms with Crippen LogP contribution >= 0.6 is 0 Å². The first kappa shape index (κ1) is 22.7. The Bertz CT molecular complexity index is 821. The van der Waals surface area contributed by atoms with Crippen LogP contribution in [-0.4, -0.2) is 29.0 Å². The zero-order chi connectivity index (χ0) is 19.6. The number of carbonyl (C=O) groups excluding carboxylic acids is 2. The summed E-state index contributed by atoms with van der Waals surface area (Å²) >= 11 is 0. The molecule has 1 aliphatic heterocycles. The fraction of sp³-hybridized carbons (Fsp3) is 0.318. The molecule has 2 unspecified atom stereocenters. The summed E-state index contributed by atoms with van der Waals surface area (Å²) in [6.45, 7) is 5.88. The zero-order valence-electron chi connectivity index (χ0n) is 16.3. The minimum atomic E-state index is -0.687. The molecular formula is C22H25N2O3Y-. The van der Waals surface area contributed by atoms with E-state index >= 15 is 0 Å². The van der Waals surface area contributed by atoms with E-state index in [1.54, 1.807) is 12.1 Å². The van der Waals surface area contributed by atoms with Gasteiger partial charge in [-0.25, -0.2) is 4.79 Å². The molecule has 2 atom stereocenters. The SMILES string of the molecule is [CH2-]Cc1ccc(C2C(=O)N(C)C(=O)N2c2ccc(C(O)CCC)cc2)cc1.[Y]. The van der Waals surface area contributed by atoms with Gasteiger partial charge in [-0.2, -0.15) is 6.42 Å². The van der Waals surface area contributed by atoms with E-state index in [4.69, 9.17) is 0 Å². The van der Waals surface area contributed by atoms with E-state index in [0.29, 0.717) is 18.5 Å². The van der Waals surface area contributed by atoms with E-state index in [2.05, 4.69) is 6.92 Å². The summed E-state index contributed by atoms with van der Waals surface area (Å²) in [5.74, 6) is -0.252. The summed E-state index contributed by atoms with van der Waals surface area (Å²) in [6, 6.07) is 13.8. The predicted octanol–water partition coefficient (Wildman–Crippen LogP) is 4.03. The first-order valence-electron chi connectivity index (χ1n) is 9.24. The number of anilines is 1. The van der Waals surface area contributed by atoms with Gasteiger partial charge in [0.15, 0.2) is 0 Å². The number of hydrogen-bond acceptors (Lipinski definition) is 3. The Morgan fingerprint density at radius 1 is 1.07 bits per heavy atom. The molecule has 0 spiro atoms. The first-order valence-corrected chi connectivity index (χ1v) is 9.24. The quantitative estimate of drug-likeness (QED) is 0.530. The van der Waals surface area contributed by atoms with Crippen molar-refractivity contribution >= 4 is 17.6 Å². The van der Waals surface area contributed by atoms with Gasteiger partial charge in [0.25, 0.3) is 5.91 Å². The van der Waals surface area contributed by atoms with Gasteiger partial charge in [-0.05, 0) is 29.7 Å². The van der Waals surface area contributed by atoms with Crippen LogP contribution in [0.1, 0.15) is 48.6 Å². The van der Waals surface area contributed by atoms with Gasteiger partial charge in [0.2, 0.25) is 0 Å². The van der Waals surface area contributed by atoms with Gasteiger partial charge in [-0.1, -0.05) is 55.3 Å². The van der Waals surface area contributed by atoms with Gasteiger partial charge in [0.1, 0.15) is 6.04 Å². The van der Waals surface area contributed by atoms with E-state index in [-0.39, 0.29) is 44.6 Å². The molecule has 2 aromatic rings. The Kier molecular flexibility index (Phi) is 7.93. The molecule has 0 aliphatic carbocycles. The molecule has 1 aliphatic rings. The molecule has 0 aromatic heterocycles. The van der Waals surface area contributed by atoms with Gasteiger partial charge >= 0.3 is 6.03 Å². The van der Waals surface area contributed by atoms with Gasteiger partial charge in [-0.3, -0.25) is 14.6 Å². The third-order valence-electron chi connectivity index (χ3n) is 5.02. The fourth-order valence-corrected chi connectivity index (χ4v) is 3.38. The molecule has 1 heterocycles. The fourth-order valence-electron chi connectivity index (χ4n) is 3.38. The summed E-state index contributed by atoms with van der Waals surface area (Å²) in [6.07, 6.45) is 1.72. The Hall–Kier alpha value is -1.56. The molecule has 2 aromatic carbocycles. The second kappa shape index (κ2) is 9.77. The Morgan fingerprint density at radius 2 is 1.68 bits per heavy atom. The Balaban J connectivity index is 0.00000280. The summed E-state index contributed by atoms with van der Waals surface area (Å²) < 4.78 is 0. The Morgan fingerprint density at radius 3 is 2.21 bits per heavy atom. The van der Waals surface area contributed by atoms with Gasteiger partial charge < -0.3 is 12.0 Å². The van der Waals surface area contributed by atoms with Crippen molar-refractivity contribution < 1.29 is 47.4 Å². The van der Waals surface area contributed by atoms with E-state index in [1.165, 1.54) is 11.9 Å². The first-order chi connectivity index (χ1) is 13.0. The minimum absolute atomic E-state index is 0. The van der Waals surface area contributed by atoms with E-state index in [0.717, 1.165) is 28.0 Å². The number of benzene rings is 2. The standard InChI is InChI=1S/C22H25N2O3.Y/c1-4-6-19(25)16-11-13-18(14-12-16)24-20(21(26)23(3)22(24)27)17-9-7-15(5-2)8-10-17;/h7-14,19-20,25H,2,4-6H2,1,3H3;/q-1;. The summed E-state index contributed by atoms with van der Waals surface area (Å²) in [5, 5.41) is 10.1. The van der Waals surface area contributed by atoms with Crippen molar-refractivity contribution in [1.82, 2.24) is 4.90 Å². The summed E-state index contributed by atoms with van der Waals surface area (Å²) in [5.41, 5.74) is 3.29. The average Bonchev–Trinajstić information content (AvgIpc) is 2.92. The van der Waals surface area contributed by atoms with E-state index in [1.807, 2.05) is 43.3 Å². The van der Waals surface area contributed by atoms with Crippen molar-refractivity contribution in [2.45, 2.75) is 38.3 Å². The number of carbonyl (C=O) groups is 2. The van der Waals surface area contributed by atoms with Crippen LogP contribution in [0.2, 0.25) is 0 Å². The molecular weight excluding hydrogens is 429 g/mol. The maximum absolute atomic E-state index is 12.7. The number of likely N-dealkylation sites (N-methyl/N-ethyl adjacent to an activating group) is 1. The van der Waals surface area contributed by atoms with E-state index < -0.39 is 12.1 Å². The molecule has 3 rings (SSSR count). The number of urea groups is 1. The molecule has 145 valence electrons. The summed E-state index contributed by atoms with van der Waals surface area (Å²) in [7, 11) is 1.50. The van der Waals surface area contributed by atoms with Crippen LogP contribution in [0, 0.1) is 6.92 Å². The Labute approximate surface area is 191 Å². The molecule has 3 amide bonds. The summed E-state index contributed by atoms with van der Waals surface area (Å²) in [4.78, 5) is 28.1. The van der Waals surface area contributed by atoms with Crippen molar-refractivity contribution in [3.63, 3.8) is 0 Å². The average molecular weight is 454 g/mol. The van der Waals surface area contributed by atoms with Crippen LogP contribution in [0.4, 0.5) is 10.5 Å². The molecule has 1 saturated heterocycles. The maximum atomic E-state index is 12.7. The monoisotopic (exact) mass is 454 g/mol. The normalized spacial score (nSPS) is 17.6. The van der Waals surface area contributed by atoms with Crippen LogP contribution in [0.25, 0.3) is 0 Å². The zero-order valence-corrected chi connectivity index (χ0v) is 19.2. The van der Waals surface area contributed by atoms with Crippen molar-refractivity contribution in [2.24, 2.45) is 0 Å². The van der Waals surface area contributed by atoms with Gasteiger partial charge in [-0.15, -0.1) is 0 Å². The number of amides is 3. The minimum Gasteiger partial charge on any atom is -0.388 e. The number of nitrogens with zero attached hydrogens (tertiary/aromatic N) is 2. The van der Waals surface area contributed by atoms with Crippen molar-refractivity contribution in [3.8, 4) is 0 Å². The predicted molar refractivity (Wildman–Crippen MR) is 105 cm³/mol. The number of hydrogen-bond donors (Lipinski definition) is 1. The molecule has 0 saturated carbocycles. The number of aliphatic hydroxyl groups is 1. The van der Waals surface area contributed by atoms with Gasteiger partial charge in [0.05, 0.1) is 6.10 Å². The third-order valence-corrected chi connectivity index (χ3v) is 5.02. The number of imide groups is 1. The maximum Gasteiger partial charge on any atom is 0.332 e. The van der Waals surface area contributed by atoms with Crippen molar-refractivity contribution in [1.29, 1.82) is 0 Å².